The van der Waals surface area contributed by atoms with Crippen molar-refractivity contribution in [3.63, 3.8) is 0 Å². The normalized spacial score (nSPS) is 13.3. The molecular weight excluding hydrogens is 204 g/mol. The molecule has 0 bridgehead atoms. The van der Waals surface area contributed by atoms with Crippen molar-refractivity contribution < 1.29 is 9.53 Å². The van der Waals surface area contributed by atoms with Gasteiger partial charge in [-0.05, 0) is 47.6 Å². The molecule has 0 aliphatic carbocycles. The highest BCUT2D eigenvalue weighted by Gasteiger charge is 2.15. The van der Waals surface area contributed by atoms with E-state index in [4.69, 9.17) is 4.74 Å². The fourth-order valence-electron chi connectivity index (χ4n) is 1.22. The van der Waals surface area contributed by atoms with Gasteiger partial charge in [-0.15, -0.1) is 0 Å². The summed E-state index contributed by atoms with van der Waals surface area (Å²) < 4.78 is 5.12. The van der Waals surface area contributed by atoms with Gasteiger partial charge in [0.1, 0.15) is 5.60 Å². The number of alkyl carbamates (subject to hydrolysis) is 1. The lowest BCUT2D eigenvalue weighted by atomic mass is 10.1. The molecule has 0 spiro atoms. The maximum atomic E-state index is 11.3. The molecule has 1 amide bonds. The number of carbonyl (C=O) groups is 1. The Morgan fingerprint density at radius 2 is 1.94 bits per heavy atom. The fraction of sp³-hybridized carbons (Fsp3) is 0.917. The van der Waals surface area contributed by atoms with Crippen molar-refractivity contribution in [3.8, 4) is 0 Å². The van der Waals surface area contributed by atoms with Crippen molar-refractivity contribution in [3.05, 3.63) is 0 Å². The summed E-state index contributed by atoms with van der Waals surface area (Å²) >= 11 is 0. The van der Waals surface area contributed by atoms with Crippen LogP contribution < -0.4 is 10.6 Å². The van der Waals surface area contributed by atoms with Crippen LogP contribution >= 0.6 is 0 Å². The molecule has 0 radical (unpaired) electrons. The predicted octanol–water partition coefficient (Wildman–Crippen LogP) is 2.29. The van der Waals surface area contributed by atoms with E-state index in [-0.39, 0.29) is 6.09 Å². The molecule has 0 aliphatic heterocycles. The Morgan fingerprint density at radius 1 is 1.31 bits per heavy atom. The van der Waals surface area contributed by atoms with Crippen molar-refractivity contribution in [1.82, 2.24) is 10.6 Å². The second-order valence-electron chi connectivity index (χ2n) is 5.11. The lowest BCUT2D eigenvalue weighted by Crippen LogP contribution is -2.33. The highest BCUT2D eigenvalue weighted by molar-refractivity contribution is 5.67. The second-order valence-corrected chi connectivity index (χ2v) is 5.11. The summed E-state index contributed by atoms with van der Waals surface area (Å²) in [6.07, 6.45) is 2.91. The molecule has 4 nitrogen and oxygen atoms in total. The molecule has 0 heterocycles. The maximum Gasteiger partial charge on any atom is 0.407 e. The molecule has 0 fully saturated rings. The van der Waals surface area contributed by atoms with Crippen molar-refractivity contribution >= 4 is 6.09 Å². The number of unbranched alkanes of at least 4 members (excludes halogenated alkanes) is 1. The summed E-state index contributed by atoms with van der Waals surface area (Å²) in [6.45, 7) is 8.43. The first kappa shape index (κ1) is 15.2. The van der Waals surface area contributed by atoms with E-state index in [1.807, 2.05) is 27.8 Å². The summed E-state index contributed by atoms with van der Waals surface area (Å²) in [4.78, 5) is 11.3. The maximum absolute atomic E-state index is 11.3. The first-order valence-corrected chi connectivity index (χ1v) is 5.99. The van der Waals surface area contributed by atoms with Crippen molar-refractivity contribution in [1.29, 1.82) is 0 Å². The van der Waals surface area contributed by atoms with Crippen molar-refractivity contribution in [2.24, 2.45) is 0 Å². The highest BCUT2D eigenvalue weighted by Crippen LogP contribution is 2.06. The first-order valence-electron chi connectivity index (χ1n) is 5.99. The van der Waals surface area contributed by atoms with Gasteiger partial charge in [0.15, 0.2) is 0 Å². The standard InChI is InChI=1S/C12H26N2O2/c1-10(13-5)8-6-7-9-14-11(15)16-12(2,3)4/h10,13H,6-9H2,1-5H3,(H,14,15). The molecule has 4 heteroatoms. The molecule has 16 heavy (non-hydrogen) atoms. The molecule has 0 aromatic carbocycles. The minimum atomic E-state index is -0.412. The molecule has 96 valence electrons. The summed E-state index contributed by atoms with van der Waals surface area (Å²) in [7, 11) is 1.96. The number of rotatable bonds is 6. The third-order valence-electron chi connectivity index (χ3n) is 2.22. The minimum absolute atomic E-state index is 0.325. The molecule has 0 aliphatic rings. The molecule has 0 saturated heterocycles. The van der Waals surface area contributed by atoms with Gasteiger partial charge < -0.3 is 15.4 Å². The lowest BCUT2D eigenvalue weighted by Gasteiger charge is -2.19. The van der Waals surface area contributed by atoms with E-state index in [1.165, 1.54) is 0 Å². The van der Waals surface area contributed by atoms with E-state index in [0.717, 1.165) is 19.3 Å². The average molecular weight is 230 g/mol. The topological polar surface area (TPSA) is 50.4 Å². The SMILES string of the molecule is CNC(C)CCCCNC(=O)OC(C)(C)C. The molecule has 2 N–H and O–H groups in total. The number of nitrogens with one attached hydrogen (secondary N) is 2. The Morgan fingerprint density at radius 3 is 2.44 bits per heavy atom. The van der Waals surface area contributed by atoms with Gasteiger partial charge in [0.2, 0.25) is 0 Å². The van der Waals surface area contributed by atoms with Crippen LogP contribution in [0.4, 0.5) is 4.79 Å². The zero-order valence-corrected chi connectivity index (χ0v) is 11.2. The molecule has 0 aromatic heterocycles. The number of carbonyl (C=O) groups excluding carboxylic acids is 1. The Hall–Kier alpha value is -0.770. The van der Waals surface area contributed by atoms with Crippen molar-refractivity contribution in [2.75, 3.05) is 13.6 Å². The van der Waals surface area contributed by atoms with Gasteiger partial charge in [-0.1, -0.05) is 6.42 Å². The molecular formula is C12H26N2O2. The number of ether oxygens (including phenoxy) is 1. The van der Waals surface area contributed by atoms with Crippen LogP contribution in [0.1, 0.15) is 47.0 Å². The van der Waals surface area contributed by atoms with E-state index >= 15 is 0 Å². The minimum Gasteiger partial charge on any atom is -0.444 e. The van der Waals surface area contributed by atoms with Crippen LogP contribution in [0.3, 0.4) is 0 Å². The Kier molecular flexibility index (Phi) is 7.13. The van der Waals surface area contributed by atoms with Crippen LogP contribution in [0.15, 0.2) is 0 Å². The van der Waals surface area contributed by atoms with Gasteiger partial charge >= 0.3 is 6.09 Å². The van der Waals surface area contributed by atoms with Crippen LogP contribution in [0.5, 0.6) is 0 Å². The molecule has 0 saturated carbocycles. The second kappa shape index (κ2) is 7.49. The highest BCUT2D eigenvalue weighted by atomic mass is 16.6. The number of amides is 1. The first-order chi connectivity index (χ1) is 7.35. The Bertz CT molecular complexity index is 200. The van der Waals surface area contributed by atoms with E-state index < -0.39 is 5.60 Å². The van der Waals surface area contributed by atoms with Crippen LogP contribution in [0.2, 0.25) is 0 Å². The monoisotopic (exact) mass is 230 g/mol. The van der Waals surface area contributed by atoms with Gasteiger partial charge in [0.05, 0.1) is 0 Å². The predicted molar refractivity (Wildman–Crippen MR) is 66.6 cm³/mol. The molecule has 1 atom stereocenters. The van der Waals surface area contributed by atoms with E-state index in [0.29, 0.717) is 12.6 Å². The third-order valence-corrected chi connectivity index (χ3v) is 2.22. The van der Waals surface area contributed by atoms with Crippen molar-refractivity contribution in [2.45, 2.75) is 58.6 Å². The van der Waals surface area contributed by atoms with E-state index in [9.17, 15) is 4.79 Å². The Balaban J connectivity index is 3.42. The van der Waals surface area contributed by atoms with Crippen LogP contribution in [0, 0.1) is 0 Å². The molecule has 0 aromatic rings. The zero-order chi connectivity index (χ0) is 12.6. The van der Waals surface area contributed by atoms with Crippen LogP contribution in [0.25, 0.3) is 0 Å². The summed E-state index contributed by atoms with van der Waals surface area (Å²) in [5, 5.41) is 5.93. The van der Waals surface area contributed by atoms with Gasteiger partial charge in [0, 0.05) is 12.6 Å². The molecule has 0 rings (SSSR count). The number of hydrogen-bond acceptors (Lipinski definition) is 3. The average Bonchev–Trinajstić information content (AvgIpc) is 2.14. The molecule has 1 unspecified atom stereocenters. The van der Waals surface area contributed by atoms with E-state index in [2.05, 4.69) is 17.6 Å². The summed E-state index contributed by atoms with van der Waals surface area (Å²) in [5.41, 5.74) is -0.412. The Labute approximate surface area is 99.1 Å². The van der Waals surface area contributed by atoms with E-state index in [1.54, 1.807) is 0 Å². The lowest BCUT2D eigenvalue weighted by molar-refractivity contribution is 0.0527. The number of hydrogen-bond donors (Lipinski definition) is 2. The summed E-state index contributed by atoms with van der Waals surface area (Å²) in [6, 6.07) is 0.543. The zero-order valence-electron chi connectivity index (χ0n) is 11.2. The van der Waals surface area contributed by atoms with Crippen LogP contribution in [-0.4, -0.2) is 31.3 Å². The third kappa shape index (κ3) is 9.77. The van der Waals surface area contributed by atoms with Gasteiger partial charge in [0.25, 0.3) is 0 Å². The summed E-state index contributed by atoms with van der Waals surface area (Å²) in [5.74, 6) is 0. The van der Waals surface area contributed by atoms with Gasteiger partial charge in [-0.3, -0.25) is 0 Å². The van der Waals surface area contributed by atoms with Crippen LogP contribution in [-0.2, 0) is 4.74 Å². The fourth-order valence-corrected chi connectivity index (χ4v) is 1.22. The quantitative estimate of drug-likeness (QED) is 0.688. The largest absolute Gasteiger partial charge is 0.444 e. The smallest absolute Gasteiger partial charge is 0.407 e. The van der Waals surface area contributed by atoms with Gasteiger partial charge in [-0.2, -0.15) is 0 Å². The van der Waals surface area contributed by atoms with Gasteiger partial charge in [-0.25, -0.2) is 4.79 Å².